The zero-order valence-corrected chi connectivity index (χ0v) is 9.94. The summed E-state index contributed by atoms with van der Waals surface area (Å²) in [5, 5.41) is 0. The van der Waals surface area contributed by atoms with Crippen LogP contribution in [0.25, 0.3) is 0 Å². The molecule has 15 rings (SSSR count). The van der Waals surface area contributed by atoms with Gasteiger partial charge in [-0.2, -0.15) is 0 Å². The highest BCUT2D eigenvalue weighted by Gasteiger charge is 3.87. The Labute approximate surface area is 102 Å². The van der Waals surface area contributed by atoms with Crippen molar-refractivity contribution in [2.45, 2.75) is 13.3 Å². The van der Waals surface area contributed by atoms with Crippen molar-refractivity contribution in [2.75, 3.05) is 0 Å². The van der Waals surface area contributed by atoms with Gasteiger partial charge in [0.2, 0.25) is 0 Å². The van der Waals surface area contributed by atoms with E-state index >= 15 is 0 Å². The van der Waals surface area contributed by atoms with Gasteiger partial charge in [0.25, 0.3) is 0 Å². The fourth-order valence-corrected chi connectivity index (χ4v) is 18.9. The molecule has 0 N–H and O–H groups in total. The highest BCUT2D eigenvalue weighted by molar-refractivity contribution is 6.30. The standard InChI is InChI=1S/C18H8/c1-3-5-7(3)9(5)11(7)13(9)15(11)17(13)16-12-8-4-2-6(4,8)10(8,12)14(12,16)18(15,16)17/h3-5H,2H2,1H3. The molecule has 0 heteroatoms. The Balaban J connectivity index is 1.17. The Kier molecular flexibility index (Phi) is 0.159. The van der Waals surface area contributed by atoms with E-state index in [4.69, 9.17) is 0 Å². The van der Waals surface area contributed by atoms with E-state index in [1.54, 1.807) is 6.42 Å². The van der Waals surface area contributed by atoms with Gasteiger partial charge < -0.3 is 0 Å². The fourth-order valence-electron chi connectivity index (χ4n) is 18.9. The minimum absolute atomic E-state index is 1.12. The molecule has 0 amide bonds. The molecule has 0 aromatic rings. The van der Waals surface area contributed by atoms with Crippen LogP contribution in [-0.4, -0.2) is 0 Å². The zero-order chi connectivity index (χ0) is 9.94. The van der Waals surface area contributed by atoms with Crippen molar-refractivity contribution in [3.8, 4) is 0 Å². The lowest BCUT2D eigenvalue weighted by atomic mass is 9.85. The molecule has 0 aromatic carbocycles. The molecular formula is C18H8. The third kappa shape index (κ3) is 0.0772. The first kappa shape index (κ1) is 5.08. The molecular weight excluding hydrogens is 216 g/mol. The van der Waals surface area contributed by atoms with Crippen molar-refractivity contribution >= 4 is 0 Å². The van der Waals surface area contributed by atoms with Crippen LogP contribution >= 0.6 is 0 Å². The second-order valence-electron chi connectivity index (χ2n) is 12.2. The molecule has 15 fully saturated rings. The third-order valence-corrected chi connectivity index (χ3v) is 16.1. The smallest absolute Gasteiger partial charge is 0.00000217 e. The summed E-state index contributed by atoms with van der Waals surface area (Å²) in [7, 11) is 0. The summed E-state index contributed by atoms with van der Waals surface area (Å²) in [5.74, 6) is 3.95. The van der Waals surface area contributed by atoms with Crippen molar-refractivity contribution in [3.05, 3.63) is 0 Å². The van der Waals surface area contributed by atoms with Crippen LogP contribution in [0.15, 0.2) is 0 Å². The van der Waals surface area contributed by atoms with E-state index in [0.717, 1.165) is 10.8 Å². The molecule has 15 aliphatic carbocycles. The summed E-state index contributed by atoms with van der Waals surface area (Å²) < 4.78 is 0. The number of hydrogen-bond acceptors (Lipinski definition) is 0. The monoisotopic (exact) mass is 224 g/mol. The second kappa shape index (κ2) is 0.562. The minimum Gasteiger partial charge on any atom is -0.0616 e. The van der Waals surface area contributed by atoms with Gasteiger partial charge in [-0.05, 0) is 94.6 Å². The van der Waals surface area contributed by atoms with E-state index in [2.05, 4.69) is 6.92 Å². The lowest BCUT2D eigenvalue weighted by Crippen LogP contribution is -2.16. The first-order valence-electron chi connectivity index (χ1n) is 8.87. The average Bonchev–Trinajstić information content (AvgIpc) is 3.04. The summed E-state index contributed by atoms with van der Waals surface area (Å²) in [6.45, 7) is 2.60. The predicted octanol–water partition coefficient (Wildman–Crippen LogP) is 1.27. The van der Waals surface area contributed by atoms with E-state index in [9.17, 15) is 0 Å². The lowest BCUT2D eigenvalue weighted by molar-refractivity contribution is 0.271. The largest absolute Gasteiger partial charge is 0.0616 e. The lowest BCUT2D eigenvalue weighted by Gasteiger charge is -2.17. The summed E-state index contributed by atoms with van der Waals surface area (Å²) >= 11 is 0. The van der Waals surface area contributed by atoms with Gasteiger partial charge in [-0.15, -0.1) is 0 Å². The molecule has 0 aliphatic heterocycles. The van der Waals surface area contributed by atoms with Crippen LogP contribution in [0, 0.1) is 88.1 Å². The van der Waals surface area contributed by atoms with Gasteiger partial charge in [-0.3, -0.25) is 0 Å². The topological polar surface area (TPSA) is 0 Å². The SMILES string of the molecule is CC1C2C13C21C32C13C21C32C34C56C78C9CC97C85C63C142. The molecule has 0 bridgehead atoms. The van der Waals surface area contributed by atoms with E-state index in [1.807, 2.05) is 0 Å². The molecule has 0 saturated heterocycles. The van der Waals surface area contributed by atoms with Gasteiger partial charge in [-0.25, -0.2) is 0 Å². The van der Waals surface area contributed by atoms with Crippen LogP contribution < -0.4 is 0 Å². The highest BCUT2D eigenvalue weighted by Crippen LogP contribution is 3.87. The third-order valence-electron chi connectivity index (χ3n) is 16.1. The Morgan fingerprint density at radius 1 is 0.722 bits per heavy atom. The summed E-state index contributed by atoms with van der Waals surface area (Å²) in [6.07, 6.45) is 1.74. The molecule has 15 aliphatic rings. The summed E-state index contributed by atoms with van der Waals surface area (Å²) in [6, 6.07) is 0. The van der Waals surface area contributed by atoms with Crippen LogP contribution in [0.1, 0.15) is 13.3 Å². The normalized spacial score (nSPS) is 158. The minimum atomic E-state index is 1.12. The summed E-state index contributed by atoms with van der Waals surface area (Å²) in [5.41, 5.74) is 15.5. The Morgan fingerprint density at radius 2 is 1.39 bits per heavy atom. The van der Waals surface area contributed by atoms with Gasteiger partial charge in [0.1, 0.15) is 0 Å². The van der Waals surface area contributed by atoms with Crippen molar-refractivity contribution in [2.24, 2.45) is 88.1 Å². The van der Waals surface area contributed by atoms with E-state index in [1.165, 1.54) is 77.3 Å². The van der Waals surface area contributed by atoms with Crippen molar-refractivity contribution in [1.29, 1.82) is 0 Å². The molecule has 13 spiro atoms. The summed E-state index contributed by atoms with van der Waals surface area (Å²) in [4.78, 5) is 0. The van der Waals surface area contributed by atoms with E-state index in [0.29, 0.717) is 0 Å². The Bertz CT molecular complexity index is 1120. The van der Waals surface area contributed by atoms with Gasteiger partial charge >= 0.3 is 0 Å². The first-order valence-corrected chi connectivity index (χ1v) is 8.87. The van der Waals surface area contributed by atoms with E-state index < -0.39 is 0 Å². The van der Waals surface area contributed by atoms with Crippen molar-refractivity contribution in [3.63, 3.8) is 0 Å². The predicted molar refractivity (Wildman–Crippen MR) is 52.4 cm³/mol. The zero-order valence-electron chi connectivity index (χ0n) is 9.94. The van der Waals surface area contributed by atoms with Crippen molar-refractivity contribution < 1.29 is 0 Å². The molecule has 0 nitrogen and oxygen atoms in total. The molecule has 15 saturated carbocycles. The molecule has 80 valence electrons. The second-order valence-corrected chi connectivity index (χ2v) is 12.2. The fraction of sp³-hybridized carbons (Fsp3) is 1.00. The number of hydrogen-bond donors (Lipinski definition) is 0. The van der Waals surface area contributed by atoms with Gasteiger partial charge in [0, 0.05) is 0 Å². The van der Waals surface area contributed by atoms with Gasteiger partial charge in [0.15, 0.2) is 0 Å². The van der Waals surface area contributed by atoms with Crippen LogP contribution in [0.3, 0.4) is 0 Å². The van der Waals surface area contributed by atoms with Crippen LogP contribution in [0.5, 0.6) is 0 Å². The van der Waals surface area contributed by atoms with Crippen LogP contribution in [-0.2, 0) is 0 Å². The maximum atomic E-state index is 2.60. The molecule has 0 radical (unpaired) electrons. The quantitative estimate of drug-likeness (QED) is 0.581. The maximum Gasteiger partial charge on any atom is -0.00000217 e. The van der Waals surface area contributed by atoms with E-state index in [-0.39, 0.29) is 0 Å². The highest BCUT2D eigenvalue weighted by atomic mass is 15.9. The Morgan fingerprint density at radius 3 is 2.11 bits per heavy atom. The van der Waals surface area contributed by atoms with Crippen LogP contribution in [0.2, 0.25) is 0 Å². The maximum absolute atomic E-state index is 2.60. The number of rotatable bonds is 0. The molecule has 16 atom stereocenters. The Hall–Kier alpha value is 0. The molecule has 0 aromatic heterocycles. The van der Waals surface area contributed by atoms with Crippen LogP contribution in [0.4, 0.5) is 0 Å². The van der Waals surface area contributed by atoms with Gasteiger partial charge in [-0.1, -0.05) is 6.92 Å². The molecule has 16 unspecified atom stereocenters. The average molecular weight is 224 g/mol. The first-order chi connectivity index (χ1) is 8.87. The van der Waals surface area contributed by atoms with Gasteiger partial charge in [0.05, 0.1) is 0 Å². The molecule has 18 heavy (non-hydrogen) atoms. The van der Waals surface area contributed by atoms with Crippen molar-refractivity contribution in [1.82, 2.24) is 0 Å². The molecule has 0 heterocycles.